The number of amides is 1. The molecule has 2 aromatic rings. The van der Waals surface area contributed by atoms with E-state index in [-0.39, 0.29) is 11.9 Å². The van der Waals surface area contributed by atoms with E-state index in [4.69, 9.17) is 10.2 Å². The van der Waals surface area contributed by atoms with Crippen LogP contribution in [0.4, 0.5) is 0 Å². The second-order valence-corrected chi connectivity index (χ2v) is 5.88. The van der Waals surface area contributed by atoms with E-state index in [9.17, 15) is 4.79 Å². The van der Waals surface area contributed by atoms with Crippen LogP contribution in [-0.2, 0) is 4.79 Å². The molecule has 2 atom stereocenters. The zero-order valence-electron chi connectivity index (χ0n) is 12.9. The zero-order valence-corrected chi connectivity index (χ0v) is 12.9. The first-order chi connectivity index (χ1) is 10.7. The standard InChI is InChI=1S/C18H22N2O2/c1-13-10-11-16(22-13)15-9-5-6-12-20(15)18(21)17(19)14-7-3-2-4-8-14/h2-4,7-8,10-11,15,17H,5-6,9,12,19H2,1H3. The summed E-state index contributed by atoms with van der Waals surface area (Å²) in [5.74, 6) is 1.72. The van der Waals surface area contributed by atoms with E-state index in [1.165, 1.54) is 0 Å². The van der Waals surface area contributed by atoms with Gasteiger partial charge in [0.15, 0.2) is 0 Å². The Morgan fingerprint density at radius 3 is 2.68 bits per heavy atom. The highest BCUT2D eigenvalue weighted by atomic mass is 16.3. The van der Waals surface area contributed by atoms with Crippen molar-refractivity contribution in [2.75, 3.05) is 6.54 Å². The number of furan rings is 1. The van der Waals surface area contributed by atoms with Crippen LogP contribution in [0.1, 0.15) is 48.4 Å². The molecule has 4 nitrogen and oxygen atoms in total. The third kappa shape index (κ3) is 2.92. The maximum atomic E-state index is 12.8. The van der Waals surface area contributed by atoms with Crippen molar-refractivity contribution in [2.45, 2.75) is 38.3 Å². The fourth-order valence-electron chi connectivity index (χ4n) is 3.11. The average molecular weight is 298 g/mol. The molecule has 2 N–H and O–H groups in total. The van der Waals surface area contributed by atoms with Crippen LogP contribution in [-0.4, -0.2) is 17.4 Å². The van der Waals surface area contributed by atoms with E-state index < -0.39 is 6.04 Å². The van der Waals surface area contributed by atoms with Crippen LogP contribution in [0.5, 0.6) is 0 Å². The Hall–Kier alpha value is -2.07. The van der Waals surface area contributed by atoms with Crippen molar-refractivity contribution < 1.29 is 9.21 Å². The Morgan fingerprint density at radius 1 is 1.23 bits per heavy atom. The summed E-state index contributed by atoms with van der Waals surface area (Å²) in [5.41, 5.74) is 7.05. The topological polar surface area (TPSA) is 59.5 Å². The first kappa shape index (κ1) is 14.9. The minimum atomic E-state index is -0.613. The smallest absolute Gasteiger partial charge is 0.244 e. The van der Waals surface area contributed by atoms with E-state index in [1.807, 2.05) is 54.3 Å². The van der Waals surface area contributed by atoms with Gasteiger partial charge in [-0.15, -0.1) is 0 Å². The van der Waals surface area contributed by atoms with E-state index in [0.717, 1.165) is 42.9 Å². The largest absolute Gasteiger partial charge is 0.464 e. The minimum absolute atomic E-state index is 0.00436. The highest BCUT2D eigenvalue weighted by Gasteiger charge is 2.33. The van der Waals surface area contributed by atoms with Crippen molar-refractivity contribution in [3.8, 4) is 0 Å². The summed E-state index contributed by atoms with van der Waals surface area (Å²) >= 11 is 0. The first-order valence-corrected chi connectivity index (χ1v) is 7.84. The number of nitrogens with two attached hydrogens (primary N) is 1. The van der Waals surface area contributed by atoms with Gasteiger partial charge in [0.05, 0.1) is 6.04 Å². The third-order valence-electron chi connectivity index (χ3n) is 4.30. The van der Waals surface area contributed by atoms with Gasteiger partial charge in [-0.1, -0.05) is 30.3 Å². The quantitative estimate of drug-likeness (QED) is 0.945. The molecule has 4 heteroatoms. The van der Waals surface area contributed by atoms with E-state index in [0.29, 0.717) is 0 Å². The normalized spacial score (nSPS) is 19.9. The second kappa shape index (κ2) is 6.36. The highest BCUT2D eigenvalue weighted by Crippen LogP contribution is 2.33. The number of rotatable bonds is 3. The summed E-state index contributed by atoms with van der Waals surface area (Å²) in [7, 11) is 0. The molecular formula is C18H22N2O2. The molecule has 0 radical (unpaired) electrons. The molecule has 1 aliphatic heterocycles. The first-order valence-electron chi connectivity index (χ1n) is 7.84. The van der Waals surface area contributed by atoms with Crippen LogP contribution in [0, 0.1) is 6.92 Å². The molecule has 3 rings (SSSR count). The van der Waals surface area contributed by atoms with Gasteiger partial charge in [-0.05, 0) is 43.9 Å². The van der Waals surface area contributed by atoms with Crippen molar-refractivity contribution in [3.05, 3.63) is 59.5 Å². The highest BCUT2D eigenvalue weighted by molar-refractivity contribution is 5.83. The number of hydrogen-bond acceptors (Lipinski definition) is 3. The van der Waals surface area contributed by atoms with E-state index in [1.54, 1.807) is 0 Å². The molecule has 22 heavy (non-hydrogen) atoms. The molecule has 116 valence electrons. The van der Waals surface area contributed by atoms with Gasteiger partial charge in [0.25, 0.3) is 0 Å². The van der Waals surface area contributed by atoms with Crippen molar-refractivity contribution in [1.82, 2.24) is 4.90 Å². The van der Waals surface area contributed by atoms with Crippen LogP contribution >= 0.6 is 0 Å². The number of piperidine rings is 1. The SMILES string of the molecule is Cc1ccc(C2CCCCN2C(=O)C(N)c2ccccc2)o1. The molecule has 1 aromatic heterocycles. The Kier molecular flexibility index (Phi) is 4.29. The summed E-state index contributed by atoms with van der Waals surface area (Å²) in [6, 6.07) is 12.9. The Balaban J connectivity index is 1.82. The number of hydrogen-bond donors (Lipinski definition) is 1. The number of nitrogens with zero attached hydrogens (tertiary/aromatic N) is 1. The molecule has 1 fully saturated rings. The monoisotopic (exact) mass is 298 g/mol. The van der Waals surface area contributed by atoms with Crippen LogP contribution in [0.15, 0.2) is 46.9 Å². The molecular weight excluding hydrogens is 276 g/mol. The number of aryl methyl sites for hydroxylation is 1. The molecule has 0 saturated carbocycles. The average Bonchev–Trinajstić information content (AvgIpc) is 3.00. The van der Waals surface area contributed by atoms with E-state index in [2.05, 4.69) is 0 Å². The Labute approximate surface area is 130 Å². The predicted octanol–water partition coefficient (Wildman–Crippen LogP) is 3.34. The fourth-order valence-corrected chi connectivity index (χ4v) is 3.11. The van der Waals surface area contributed by atoms with Gasteiger partial charge in [-0.2, -0.15) is 0 Å². The van der Waals surface area contributed by atoms with Crippen molar-refractivity contribution in [3.63, 3.8) is 0 Å². The predicted molar refractivity (Wildman–Crippen MR) is 85.1 cm³/mol. The van der Waals surface area contributed by atoms with Crippen molar-refractivity contribution in [1.29, 1.82) is 0 Å². The summed E-state index contributed by atoms with van der Waals surface area (Å²) < 4.78 is 5.75. The third-order valence-corrected chi connectivity index (χ3v) is 4.30. The molecule has 1 aromatic carbocycles. The molecule has 1 amide bonds. The summed E-state index contributed by atoms with van der Waals surface area (Å²) in [5, 5.41) is 0. The lowest BCUT2D eigenvalue weighted by Crippen LogP contribution is -2.43. The lowest BCUT2D eigenvalue weighted by Gasteiger charge is -2.36. The van der Waals surface area contributed by atoms with Crippen LogP contribution in [0.3, 0.4) is 0 Å². The summed E-state index contributed by atoms with van der Waals surface area (Å²) in [4.78, 5) is 14.7. The lowest BCUT2D eigenvalue weighted by atomic mass is 9.97. The molecule has 1 aliphatic rings. The molecule has 0 aliphatic carbocycles. The fraction of sp³-hybridized carbons (Fsp3) is 0.389. The van der Waals surface area contributed by atoms with E-state index >= 15 is 0 Å². The lowest BCUT2D eigenvalue weighted by molar-refractivity contribution is -0.137. The van der Waals surface area contributed by atoms with Gasteiger partial charge in [0.2, 0.25) is 5.91 Å². The van der Waals surface area contributed by atoms with Crippen molar-refractivity contribution in [2.24, 2.45) is 5.73 Å². The maximum Gasteiger partial charge on any atom is 0.244 e. The Morgan fingerprint density at radius 2 is 2.00 bits per heavy atom. The van der Waals surface area contributed by atoms with Crippen LogP contribution < -0.4 is 5.73 Å². The van der Waals surface area contributed by atoms with Gasteiger partial charge < -0.3 is 15.1 Å². The van der Waals surface area contributed by atoms with Crippen LogP contribution in [0.25, 0.3) is 0 Å². The zero-order chi connectivity index (χ0) is 15.5. The van der Waals surface area contributed by atoms with Crippen LogP contribution in [0.2, 0.25) is 0 Å². The molecule has 0 bridgehead atoms. The molecule has 1 saturated heterocycles. The van der Waals surface area contributed by atoms with Crippen molar-refractivity contribution >= 4 is 5.91 Å². The molecule has 0 spiro atoms. The maximum absolute atomic E-state index is 12.8. The van der Waals surface area contributed by atoms with Gasteiger partial charge >= 0.3 is 0 Å². The molecule has 2 unspecified atom stereocenters. The van der Waals surface area contributed by atoms with Gasteiger partial charge in [-0.3, -0.25) is 4.79 Å². The summed E-state index contributed by atoms with van der Waals surface area (Å²) in [6.07, 6.45) is 3.05. The number of carbonyl (C=O) groups excluding carboxylic acids is 1. The second-order valence-electron chi connectivity index (χ2n) is 5.88. The Bertz CT molecular complexity index is 636. The summed E-state index contributed by atoms with van der Waals surface area (Å²) in [6.45, 7) is 2.66. The van der Waals surface area contributed by atoms with Gasteiger partial charge in [0, 0.05) is 6.54 Å². The molecule has 2 heterocycles. The van der Waals surface area contributed by atoms with Gasteiger partial charge in [-0.25, -0.2) is 0 Å². The number of likely N-dealkylation sites (tertiary alicyclic amines) is 1. The number of carbonyl (C=O) groups is 1. The minimum Gasteiger partial charge on any atom is -0.464 e. The number of benzene rings is 1. The van der Waals surface area contributed by atoms with Gasteiger partial charge in [0.1, 0.15) is 17.6 Å².